The van der Waals surface area contributed by atoms with Gasteiger partial charge < -0.3 is 15.4 Å². The summed E-state index contributed by atoms with van der Waals surface area (Å²) in [5, 5.41) is 5.18. The van der Waals surface area contributed by atoms with Crippen LogP contribution in [0.5, 0.6) is 11.5 Å². The Morgan fingerprint density at radius 1 is 0.653 bits per heavy atom. The number of nitrogens with one attached hydrogen (secondary N) is 2. The number of anilines is 1. The number of rotatable bonds is 4. The number of urea groups is 1. The minimum Gasteiger partial charge on any atom is -0.457 e. The highest BCUT2D eigenvalue weighted by Crippen LogP contribution is 2.38. The van der Waals surface area contributed by atoms with Gasteiger partial charge in [-0.15, -0.1) is 6.42 Å². The second kappa shape index (κ2) is 37.4. The molecule has 0 heterocycles. The van der Waals surface area contributed by atoms with E-state index in [9.17, 15) is 4.79 Å². The third kappa shape index (κ3) is 27.2. The highest BCUT2D eigenvalue weighted by Gasteiger charge is 2.24. The Morgan fingerprint density at radius 3 is 1.31 bits per heavy atom. The molecule has 2 aromatic rings. The van der Waals surface area contributed by atoms with Crippen LogP contribution in [0.1, 0.15) is 164 Å². The monoisotopic (exact) mass is 677 g/mol. The Kier molecular flexibility index (Phi) is 38.2. The standard InChI is InChI=1S/C15H16N2O2.C12H22.C6H12.C5H4.3C2H6.CH4/c1-11-3-7-13(8-4-11)19-14-9-5-12(6-10-14)17-15(18)16-2;1-3-7-11(8-4-1)12-9-5-2-6-10-12;1-2-4-6-5-3-1;1-3-5-4-2;3*1-2;/h3-10H,1-2H3,(H2,16,17,18);11-12H,1-10H2;1-6H2;1H,2H3;3*1-2H3;1H4. The first-order valence-electron chi connectivity index (χ1n) is 19.3. The molecular formula is C45H76N2O2. The van der Waals surface area contributed by atoms with Gasteiger partial charge in [0.1, 0.15) is 11.5 Å². The van der Waals surface area contributed by atoms with E-state index in [1.165, 1.54) is 82.6 Å². The number of hydrogen-bond acceptors (Lipinski definition) is 2. The lowest BCUT2D eigenvalue weighted by molar-refractivity contribution is 0.196. The van der Waals surface area contributed by atoms with Gasteiger partial charge in [0.25, 0.3) is 0 Å². The number of hydrogen-bond donors (Lipinski definition) is 2. The lowest BCUT2D eigenvalue weighted by Crippen LogP contribution is -2.24. The summed E-state index contributed by atoms with van der Waals surface area (Å²) in [5.74, 6) is 10.9. The van der Waals surface area contributed by atoms with Crippen molar-refractivity contribution >= 4 is 11.7 Å². The molecule has 3 aliphatic carbocycles. The molecule has 278 valence electrons. The highest BCUT2D eigenvalue weighted by molar-refractivity contribution is 5.88. The first-order valence-corrected chi connectivity index (χ1v) is 19.3. The maximum absolute atomic E-state index is 11.1. The Balaban J connectivity index is -0.000000604. The molecule has 3 aliphatic rings. The van der Waals surface area contributed by atoms with E-state index in [1.807, 2.05) is 84.9 Å². The molecule has 2 N–H and O–H groups in total. The van der Waals surface area contributed by atoms with E-state index in [-0.39, 0.29) is 13.5 Å². The molecule has 3 saturated carbocycles. The molecule has 4 nitrogen and oxygen atoms in total. The van der Waals surface area contributed by atoms with E-state index in [4.69, 9.17) is 11.2 Å². The van der Waals surface area contributed by atoms with E-state index in [0.717, 1.165) is 29.0 Å². The third-order valence-electron chi connectivity index (χ3n) is 8.26. The molecule has 4 heteroatoms. The summed E-state index contributed by atoms with van der Waals surface area (Å²) < 4.78 is 5.69. The Morgan fingerprint density at radius 2 is 1.00 bits per heavy atom. The number of benzene rings is 2. The molecule has 3 fully saturated rings. The van der Waals surface area contributed by atoms with Gasteiger partial charge in [0.2, 0.25) is 0 Å². The van der Waals surface area contributed by atoms with Crippen LogP contribution < -0.4 is 15.4 Å². The first-order chi connectivity index (χ1) is 23.5. The molecule has 0 bridgehead atoms. The third-order valence-corrected chi connectivity index (χ3v) is 8.26. The number of carbonyl (C=O) groups is 1. The summed E-state index contributed by atoms with van der Waals surface area (Å²) in [6.45, 7) is 15.7. The summed E-state index contributed by atoms with van der Waals surface area (Å²) in [6, 6.07) is 14.8. The lowest BCUT2D eigenvalue weighted by Gasteiger charge is -2.32. The summed E-state index contributed by atoms with van der Waals surface area (Å²) in [6.07, 6.45) is 29.1. The largest absolute Gasteiger partial charge is 0.457 e. The van der Waals surface area contributed by atoms with Gasteiger partial charge >= 0.3 is 6.03 Å². The second-order valence-corrected chi connectivity index (χ2v) is 11.6. The van der Waals surface area contributed by atoms with Crippen LogP contribution in [0, 0.1) is 42.9 Å². The van der Waals surface area contributed by atoms with Gasteiger partial charge in [-0.3, -0.25) is 0 Å². The number of amides is 2. The molecule has 0 unspecified atom stereocenters. The minimum absolute atomic E-state index is 0. The van der Waals surface area contributed by atoms with Crippen molar-refractivity contribution in [2.45, 2.75) is 166 Å². The van der Waals surface area contributed by atoms with Gasteiger partial charge in [0.05, 0.1) is 0 Å². The van der Waals surface area contributed by atoms with Gasteiger partial charge in [-0.25, -0.2) is 4.79 Å². The van der Waals surface area contributed by atoms with Crippen LogP contribution in [0.25, 0.3) is 0 Å². The van der Waals surface area contributed by atoms with E-state index in [0.29, 0.717) is 0 Å². The molecule has 0 saturated heterocycles. The molecule has 49 heavy (non-hydrogen) atoms. The highest BCUT2D eigenvalue weighted by atomic mass is 16.5. The van der Waals surface area contributed by atoms with Gasteiger partial charge in [0, 0.05) is 12.7 Å². The molecular weight excluding hydrogens is 601 g/mol. The van der Waals surface area contributed by atoms with E-state index in [1.54, 1.807) is 51.8 Å². The maximum atomic E-state index is 11.1. The number of aryl methyl sites for hydroxylation is 1. The average molecular weight is 677 g/mol. The van der Waals surface area contributed by atoms with Gasteiger partial charge in [-0.2, -0.15) is 0 Å². The van der Waals surface area contributed by atoms with Gasteiger partial charge in [-0.05, 0) is 73.9 Å². The van der Waals surface area contributed by atoms with E-state index in [2.05, 4.69) is 28.4 Å². The van der Waals surface area contributed by atoms with Gasteiger partial charge in [0.15, 0.2) is 0 Å². The van der Waals surface area contributed by atoms with E-state index < -0.39 is 0 Å². The summed E-state index contributed by atoms with van der Waals surface area (Å²) >= 11 is 0. The predicted molar refractivity (Wildman–Crippen MR) is 220 cm³/mol. The van der Waals surface area contributed by atoms with Crippen LogP contribution in [0.15, 0.2) is 48.5 Å². The van der Waals surface area contributed by atoms with E-state index >= 15 is 0 Å². The zero-order chi connectivity index (χ0) is 36.3. The number of ether oxygens (including phenoxy) is 1. The van der Waals surface area contributed by atoms with Crippen molar-refractivity contribution in [1.29, 1.82) is 0 Å². The Bertz CT molecular complexity index is 1050. The van der Waals surface area contributed by atoms with Crippen LogP contribution in [-0.2, 0) is 0 Å². The minimum atomic E-state index is -0.243. The predicted octanol–water partition coefficient (Wildman–Crippen LogP) is 14.4. The zero-order valence-corrected chi connectivity index (χ0v) is 32.5. The summed E-state index contributed by atoms with van der Waals surface area (Å²) in [7, 11) is 1.57. The Labute approximate surface area is 305 Å². The Hall–Kier alpha value is -3.37. The van der Waals surface area contributed by atoms with Crippen LogP contribution in [0.2, 0.25) is 0 Å². The second-order valence-electron chi connectivity index (χ2n) is 11.6. The number of carbonyl (C=O) groups excluding carboxylic acids is 1. The van der Waals surface area contributed by atoms with Crippen molar-refractivity contribution in [3.05, 3.63) is 54.1 Å². The zero-order valence-electron chi connectivity index (χ0n) is 32.5. The molecule has 0 aromatic heterocycles. The van der Waals surface area contributed by atoms with Crippen molar-refractivity contribution in [1.82, 2.24) is 5.32 Å². The SMILES string of the molecule is C.C#CC#CC.C1CCC(C2CCCCC2)CC1.C1CCCCC1.CC.CC.CC.CNC(=O)Nc1ccc(Oc2ccc(C)cc2)cc1. The van der Waals surface area contributed by atoms with Gasteiger partial charge in [-0.1, -0.05) is 175 Å². The molecule has 2 aromatic carbocycles. The van der Waals surface area contributed by atoms with Crippen LogP contribution in [0.4, 0.5) is 10.5 Å². The van der Waals surface area contributed by atoms with Crippen LogP contribution in [0.3, 0.4) is 0 Å². The van der Waals surface area contributed by atoms with Crippen molar-refractivity contribution in [2.75, 3.05) is 12.4 Å². The topological polar surface area (TPSA) is 50.4 Å². The summed E-state index contributed by atoms with van der Waals surface area (Å²) in [5.41, 5.74) is 1.91. The maximum Gasteiger partial charge on any atom is 0.318 e. The summed E-state index contributed by atoms with van der Waals surface area (Å²) in [4.78, 5) is 11.1. The van der Waals surface area contributed by atoms with Crippen LogP contribution in [-0.4, -0.2) is 13.1 Å². The fraction of sp³-hybridized carbons (Fsp3) is 0.622. The van der Waals surface area contributed by atoms with Crippen molar-refractivity contribution in [3.63, 3.8) is 0 Å². The smallest absolute Gasteiger partial charge is 0.318 e. The van der Waals surface area contributed by atoms with Crippen molar-refractivity contribution < 1.29 is 9.53 Å². The molecule has 0 aliphatic heterocycles. The fourth-order valence-corrected chi connectivity index (χ4v) is 5.89. The van der Waals surface area contributed by atoms with Crippen LogP contribution >= 0.6 is 0 Å². The number of terminal acetylenes is 1. The molecule has 0 spiro atoms. The molecule has 2 amide bonds. The first kappa shape index (κ1) is 50.0. The molecule has 0 radical (unpaired) electrons. The van der Waals surface area contributed by atoms with Crippen molar-refractivity contribution in [2.24, 2.45) is 11.8 Å². The quantitative estimate of drug-likeness (QED) is 0.317. The molecule has 0 atom stereocenters. The normalized spacial score (nSPS) is 14.5. The fourth-order valence-electron chi connectivity index (χ4n) is 5.89. The molecule has 5 rings (SSSR count). The average Bonchev–Trinajstić information content (AvgIpc) is 3.18. The van der Waals surface area contributed by atoms with Crippen molar-refractivity contribution in [3.8, 4) is 35.7 Å². The lowest BCUT2D eigenvalue weighted by atomic mass is 9.73.